The summed E-state index contributed by atoms with van der Waals surface area (Å²) in [5.41, 5.74) is 6.38. The van der Waals surface area contributed by atoms with Gasteiger partial charge in [-0.15, -0.1) is 0 Å². The number of rotatable bonds is 3. The fourth-order valence-corrected chi connectivity index (χ4v) is 1.66. The van der Waals surface area contributed by atoms with Crippen LogP contribution in [0.4, 0.5) is 5.69 Å². The number of nitrogen functional groups attached to an aromatic ring is 1. The van der Waals surface area contributed by atoms with Crippen LogP contribution < -0.4 is 10.5 Å². The molecule has 5 nitrogen and oxygen atoms in total. The standard InChI is InChI=1S/C8H11NO4S/c1-13-8-4-6(2-3-7(8)9)5-14(10,11)12/h2-4H,5,9H2,1H3,(H,10,11,12). The minimum Gasteiger partial charge on any atom is -0.495 e. The zero-order valence-corrected chi connectivity index (χ0v) is 8.41. The summed E-state index contributed by atoms with van der Waals surface area (Å²) in [5, 5.41) is 0. The van der Waals surface area contributed by atoms with Gasteiger partial charge in [0.2, 0.25) is 0 Å². The Morgan fingerprint density at radius 3 is 2.64 bits per heavy atom. The predicted octanol–water partition coefficient (Wildman–Crippen LogP) is 0.665. The summed E-state index contributed by atoms with van der Waals surface area (Å²) in [5.74, 6) is -0.0463. The van der Waals surface area contributed by atoms with E-state index in [0.717, 1.165) is 0 Å². The van der Waals surface area contributed by atoms with Crippen LogP contribution in [-0.4, -0.2) is 20.1 Å². The quantitative estimate of drug-likeness (QED) is 0.573. The highest BCUT2D eigenvalue weighted by Gasteiger charge is 2.08. The van der Waals surface area contributed by atoms with E-state index in [9.17, 15) is 8.42 Å². The molecule has 0 saturated heterocycles. The number of anilines is 1. The molecule has 1 rings (SSSR count). The van der Waals surface area contributed by atoms with Crippen molar-refractivity contribution < 1.29 is 17.7 Å². The molecule has 0 amide bonds. The summed E-state index contributed by atoms with van der Waals surface area (Å²) in [6.07, 6.45) is 0. The molecular formula is C8H11NO4S. The lowest BCUT2D eigenvalue weighted by atomic mass is 10.2. The highest BCUT2D eigenvalue weighted by Crippen LogP contribution is 2.22. The van der Waals surface area contributed by atoms with Crippen molar-refractivity contribution >= 4 is 15.8 Å². The highest BCUT2D eigenvalue weighted by molar-refractivity contribution is 7.85. The van der Waals surface area contributed by atoms with Crippen molar-refractivity contribution in [3.8, 4) is 5.75 Å². The number of ether oxygens (including phenoxy) is 1. The van der Waals surface area contributed by atoms with Crippen LogP contribution in [-0.2, 0) is 15.9 Å². The van der Waals surface area contributed by atoms with E-state index in [2.05, 4.69) is 0 Å². The maximum absolute atomic E-state index is 10.6. The average molecular weight is 217 g/mol. The summed E-state index contributed by atoms with van der Waals surface area (Å²) < 4.78 is 34.6. The molecule has 78 valence electrons. The van der Waals surface area contributed by atoms with Crippen LogP contribution in [0.25, 0.3) is 0 Å². The molecule has 3 N–H and O–H groups in total. The Morgan fingerprint density at radius 1 is 1.50 bits per heavy atom. The zero-order valence-electron chi connectivity index (χ0n) is 7.60. The van der Waals surface area contributed by atoms with Crippen LogP contribution in [0.3, 0.4) is 0 Å². The topological polar surface area (TPSA) is 89.6 Å². The summed E-state index contributed by atoms with van der Waals surface area (Å²) in [6, 6.07) is 4.52. The van der Waals surface area contributed by atoms with Gasteiger partial charge in [-0.2, -0.15) is 8.42 Å². The Hall–Kier alpha value is -1.27. The number of nitrogens with two attached hydrogens (primary N) is 1. The minimum absolute atomic E-state index is 0.395. The summed E-state index contributed by atoms with van der Waals surface area (Å²) >= 11 is 0. The van der Waals surface area contributed by atoms with Crippen LogP contribution in [0.5, 0.6) is 5.75 Å². The van der Waals surface area contributed by atoms with E-state index < -0.39 is 15.9 Å². The van der Waals surface area contributed by atoms with Crippen LogP contribution in [0.15, 0.2) is 18.2 Å². The van der Waals surface area contributed by atoms with Crippen LogP contribution >= 0.6 is 0 Å². The van der Waals surface area contributed by atoms with Gasteiger partial charge in [0, 0.05) is 0 Å². The first-order valence-corrected chi connectivity index (χ1v) is 5.41. The van der Waals surface area contributed by atoms with E-state index >= 15 is 0 Å². The van der Waals surface area contributed by atoms with Crippen molar-refractivity contribution in [1.29, 1.82) is 0 Å². The Bertz CT molecular complexity index is 427. The highest BCUT2D eigenvalue weighted by atomic mass is 32.2. The molecule has 0 atom stereocenters. The lowest BCUT2D eigenvalue weighted by Crippen LogP contribution is -2.02. The fraction of sp³-hybridized carbons (Fsp3) is 0.250. The van der Waals surface area contributed by atoms with Crippen molar-refractivity contribution in [2.24, 2.45) is 0 Å². The molecule has 1 aromatic rings. The lowest BCUT2D eigenvalue weighted by molar-refractivity contribution is 0.416. The number of hydrogen-bond acceptors (Lipinski definition) is 4. The second-order valence-corrected chi connectivity index (χ2v) is 4.26. The van der Waals surface area contributed by atoms with E-state index in [1.54, 1.807) is 0 Å². The van der Waals surface area contributed by atoms with Crippen LogP contribution in [0, 0.1) is 0 Å². The largest absolute Gasteiger partial charge is 0.495 e. The first kappa shape index (κ1) is 10.8. The third kappa shape index (κ3) is 2.90. The molecule has 0 aromatic heterocycles. The van der Waals surface area contributed by atoms with Crippen molar-refractivity contribution in [1.82, 2.24) is 0 Å². The molecule has 6 heteroatoms. The molecule has 1 aromatic carbocycles. The maximum Gasteiger partial charge on any atom is 0.269 e. The van der Waals surface area contributed by atoms with Crippen molar-refractivity contribution in [3.63, 3.8) is 0 Å². The molecule has 0 heterocycles. The molecule has 0 radical (unpaired) electrons. The third-order valence-electron chi connectivity index (χ3n) is 1.65. The second kappa shape index (κ2) is 3.85. The molecule has 0 aliphatic rings. The Kier molecular flexibility index (Phi) is 2.97. The Labute approximate surface area is 82.2 Å². The van der Waals surface area contributed by atoms with Gasteiger partial charge in [-0.1, -0.05) is 6.07 Å². The monoisotopic (exact) mass is 217 g/mol. The van der Waals surface area contributed by atoms with E-state index in [1.807, 2.05) is 0 Å². The van der Waals surface area contributed by atoms with Crippen LogP contribution in [0.2, 0.25) is 0 Å². The van der Waals surface area contributed by atoms with E-state index in [0.29, 0.717) is 17.0 Å². The molecule has 0 aliphatic carbocycles. The van der Waals surface area contributed by atoms with Gasteiger partial charge in [0.15, 0.2) is 0 Å². The fourth-order valence-electron chi connectivity index (χ4n) is 1.06. The van der Waals surface area contributed by atoms with Gasteiger partial charge < -0.3 is 10.5 Å². The first-order valence-electron chi connectivity index (χ1n) is 3.80. The molecule has 0 aliphatic heterocycles. The molecule has 0 spiro atoms. The first-order chi connectivity index (χ1) is 6.42. The molecular weight excluding hydrogens is 206 g/mol. The molecule has 0 unspecified atom stereocenters. The van der Waals surface area contributed by atoms with Gasteiger partial charge in [-0.05, 0) is 17.7 Å². The Morgan fingerprint density at radius 2 is 2.14 bits per heavy atom. The molecule has 0 bridgehead atoms. The van der Waals surface area contributed by atoms with E-state index in [4.69, 9.17) is 15.0 Å². The lowest BCUT2D eigenvalue weighted by Gasteiger charge is -2.05. The second-order valence-electron chi connectivity index (χ2n) is 2.80. The number of hydrogen-bond donors (Lipinski definition) is 2. The van der Waals surface area contributed by atoms with Gasteiger partial charge in [-0.3, -0.25) is 4.55 Å². The summed E-state index contributed by atoms with van der Waals surface area (Å²) in [4.78, 5) is 0. The predicted molar refractivity (Wildman–Crippen MR) is 52.7 cm³/mol. The zero-order chi connectivity index (χ0) is 10.8. The average Bonchev–Trinajstić information content (AvgIpc) is 2.06. The van der Waals surface area contributed by atoms with Gasteiger partial charge in [0.25, 0.3) is 10.1 Å². The van der Waals surface area contributed by atoms with E-state index in [-0.39, 0.29) is 0 Å². The SMILES string of the molecule is COc1cc(CS(=O)(=O)O)ccc1N. The summed E-state index contributed by atoms with van der Waals surface area (Å²) in [7, 11) is -2.58. The maximum atomic E-state index is 10.6. The Balaban J connectivity index is 3.01. The van der Waals surface area contributed by atoms with Crippen molar-refractivity contribution in [2.45, 2.75) is 5.75 Å². The van der Waals surface area contributed by atoms with Gasteiger partial charge in [0.1, 0.15) is 11.5 Å². The van der Waals surface area contributed by atoms with Crippen LogP contribution in [0.1, 0.15) is 5.56 Å². The van der Waals surface area contributed by atoms with Gasteiger partial charge in [0.05, 0.1) is 12.8 Å². The number of methoxy groups -OCH3 is 1. The molecule has 0 saturated carbocycles. The number of benzene rings is 1. The van der Waals surface area contributed by atoms with Gasteiger partial charge >= 0.3 is 0 Å². The summed E-state index contributed by atoms with van der Waals surface area (Å²) in [6.45, 7) is 0. The molecule has 0 fully saturated rings. The smallest absolute Gasteiger partial charge is 0.269 e. The van der Waals surface area contributed by atoms with Gasteiger partial charge in [-0.25, -0.2) is 0 Å². The van der Waals surface area contributed by atoms with E-state index in [1.165, 1.54) is 25.3 Å². The van der Waals surface area contributed by atoms with Crippen molar-refractivity contribution in [3.05, 3.63) is 23.8 Å². The third-order valence-corrected chi connectivity index (χ3v) is 2.35. The minimum atomic E-state index is -4.01. The normalized spacial score (nSPS) is 11.3. The molecule has 14 heavy (non-hydrogen) atoms. The van der Waals surface area contributed by atoms with Crippen molar-refractivity contribution in [2.75, 3.05) is 12.8 Å².